The van der Waals surface area contributed by atoms with E-state index in [0.717, 1.165) is 32.7 Å². The number of nitrogens with zero attached hydrogens (tertiary/aromatic N) is 3. The molecule has 166 valence electrons. The summed E-state index contributed by atoms with van der Waals surface area (Å²) in [6.45, 7) is 5.23. The Bertz CT molecular complexity index is 912. The first kappa shape index (κ1) is 22.4. The van der Waals surface area contributed by atoms with Gasteiger partial charge < -0.3 is 24.8 Å². The van der Waals surface area contributed by atoms with Crippen LogP contribution in [0.25, 0.3) is 0 Å². The number of methoxy groups -OCH3 is 1. The Morgan fingerprint density at radius 1 is 1.23 bits per heavy atom. The average molecular weight is 429 g/mol. The molecule has 0 aliphatic carbocycles. The fourth-order valence-electron chi connectivity index (χ4n) is 3.83. The maximum Gasteiger partial charge on any atom is 0.293 e. The van der Waals surface area contributed by atoms with Crippen molar-refractivity contribution in [2.75, 3.05) is 70.3 Å². The minimum Gasteiger partial charge on any atom is -0.496 e. The number of hydrogen-bond donors (Lipinski definition) is 2. The van der Waals surface area contributed by atoms with E-state index in [1.54, 1.807) is 19.0 Å². The van der Waals surface area contributed by atoms with Crippen molar-refractivity contribution in [1.82, 2.24) is 5.32 Å². The van der Waals surface area contributed by atoms with Gasteiger partial charge in [0, 0.05) is 31.9 Å². The number of para-hydroxylation sites is 1. The van der Waals surface area contributed by atoms with Crippen molar-refractivity contribution in [3.63, 3.8) is 0 Å². The molecule has 9 heteroatoms. The number of anilines is 2. The molecular weight excluding hydrogens is 398 g/mol. The second-order valence-corrected chi connectivity index (χ2v) is 7.77. The lowest BCUT2D eigenvalue weighted by atomic mass is 10.1. The van der Waals surface area contributed by atoms with Crippen LogP contribution >= 0.6 is 0 Å². The molecule has 1 amide bonds. The number of piperazine rings is 1. The summed E-state index contributed by atoms with van der Waals surface area (Å²) in [6.07, 6.45) is 0. The fourth-order valence-corrected chi connectivity index (χ4v) is 3.83. The molecule has 3 rings (SSSR count). The molecule has 31 heavy (non-hydrogen) atoms. The third kappa shape index (κ3) is 5.43. The third-order valence-corrected chi connectivity index (χ3v) is 5.58. The van der Waals surface area contributed by atoms with E-state index in [2.05, 4.69) is 22.3 Å². The molecule has 2 aromatic rings. The average Bonchev–Trinajstić information content (AvgIpc) is 2.79. The zero-order chi connectivity index (χ0) is 22.4. The van der Waals surface area contributed by atoms with E-state index in [1.165, 1.54) is 29.8 Å². The van der Waals surface area contributed by atoms with Gasteiger partial charge in [-0.15, -0.1) is 0 Å². The number of benzene rings is 2. The van der Waals surface area contributed by atoms with E-state index in [-0.39, 0.29) is 17.2 Å². The molecule has 0 saturated carbocycles. The van der Waals surface area contributed by atoms with Crippen LogP contribution in [0.3, 0.4) is 0 Å². The van der Waals surface area contributed by atoms with E-state index in [0.29, 0.717) is 18.0 Å². The van der Waals surface area contributed by atoms with Crippen molar-refractivity contribution < 1.29 is 19.4 Å². The van der Waals surface area contributed by atoms with Crippen LogP contribution in [-0.2, 0) is 0 Å². The lowest BCUT2D eigenvalue weighted by molar-refractivity contribution is -0.899. The second kappa shape index (κ2) is 10.1. The van der Waals surface area contributed by atoms with Gasteiger partial charge in [0.25, 0.3) is 11.6 Å². The van der Waals surface area contributed by atoms with E-state index >= 15 is 0 Å². The molecule has 1 saturated heterocycles. The zero-order valence-electron chi connectivity index (χ0n) is 18.3. The van der Waals surface area contributed by atoms with Gasteiger partial charge in [0.2, 0.25) is 0 Å². The van der Waals surface area contributed by atoms with E-state index < -0.39 is 4.92 Å². The molecule has 1 fully saturated rings. The maximum absolute atomic E-state index is 12.7. The first-order valence-electron chi connectivity index (χ1n) is 10.4. The van der Waals surface area contributed by atoms with Crippen LogP contribution in [0.5, 0.6) is 5.75 Å². The SMILES string of the molecule is COc1cc(N(C)C)c([N+](=O)[O-])cc1C(=O)NCC[NH+]1CCN(c2ccccc2)CC1. The largest absolute Gasteiger partial charge is 0.496 e. The van der Waals surface area contributed by atoms with Crippen LogP contribution < -0.4 is 24.8 Å². The molecule has 1 aliphatic heterocycles. The van der Waals surface area contributed by atoms with Crippen LogP contribution in [0, 0.1) is 10.1 Å². The minimum absolute atomic E-state index is 0.126. The summed E-state index contributed by atoms with van der Waals surface area (Å²) < 4.78 is 5.32. The van der Waals surface area contributed by atoms with E-state index in [4.69, 9.17) is 4.74 Å². The van der Waals surface area contributed by atoms with Crippen molar-refractivity contribution >= 4 is 23.0 Å². The molecule has 1 heterocycles. The minimum atomic E-state index is -0.484. The Morgan fingerprint density at radius 2 is 1.90 bits per heavy atom. The molecule has 0 radical (unpaired) electrons. The van der Waals surface area contributed by atoms with Gasteiger partial charge in [-0.2, -0.15) is 0 Å². The summed E-state index contributed by atoms with van der Waals surface area (Å²) in [5.41, 5.74) is 1.67. The van der Waals surface area contributed by atoms with Crippen LogP contribution in [0.2, 0.25) is 0 Å². The Kier molecular flexibility index (Phi) is 7.30. The van der Waals surface area contributed by atoms with Crippen LogP contribution in [0.1, 0.15) is 10.4 Å². The number of carbonyl (C=O) groups is 1. The van der Waals surface area contributed by atoms with Gasteiger partial charge >= 0.3 is 0 Å². The highest BCUT2D eigenvalue weighted by Gasteiger charge is 2.24. The first-order chi connectivity index (χ1) is 14.9. The highest BCUT2D eigenvalue weighted by Crippen LogP contribution is 2.34. The summed E-state index contributed by atoms with van der Waals surface area (Å²) in [5.74, 6) is -0.0526. The lowest BCUT2D eigenvalue weighted by Crippen LogP contribution is -3.15. The number of amides is 1. The molecule has 0 atom stereocenters. The smallest absolute Gasteiger partial charge is 0.293 e. The molecule has 0 aromatic heterocycles. The van der Waals surface area contributed by atoms with Gasteiger partial charge in [0.15, 0.2) is 0 Å². The molecule has 9 nitrogen and oxygen atoms in total. The highest BCUT2D eigenvalue weighted by molar-refractivity contribution is 5.98. The highest BCUT2D eigenvalue weighted by atomic mass is 16.6. The molecule has 0 bridgehead atoms. The molecule has 0 spiro atoms. The standard InChI is InChI=1S/C22H29N5O4/c1-24(2)19-16-21(31-3)18(15-20(19)27(29)30)22(28)23-9-10-25-11-13-26(14-12-25)17-7-5-4-6-8-17/h4-8,15-16H,9-14H2,1-3H3,(H,23,28)/p+1. The van der Waals surface area contributed by atoms with Gasteiger partial charge in [-0.05, 0) is 12.1 Å². The fraction of sp³-hybridized carbons (Fsp3) is 0.409. The van der Waals surface area contributed by atoms with Crippen molar-refractivity contribution in [3.8, 4) is 5.75 Å². The number of quaternary nitrogens is 1. The number of rotatable bonds is 8. The van der Waals surface area contributed by atoms with Crippen LogP contribution in [-0.4, -0.2) is 71.3 Å². The molecule has 0 unspecified atom stereocenters. The Hall–Kier alpha value is -3.33. The van der Waals surface area contributed by atoms with Crippen molar-refractivity contribution in [1.29, 1.82) is 0 Å². The number of hydrogen-bond acceptors (Lipinski definition) is 6. The number of carbonyl (C=O) groups excluding carboxylic acids is 1. The molecule has 2 N–H and O–H groups in total. The first-order valence-corrected chi connectivity index (χ1v) is 10.4. The normalized spacial score (nSPS) is 14.2. The molecule has 2 aromatic carbocycles. The van der Waals surface area contributed by atoms with Gasteiger partial charge in [-0.1, -0.05) is 18.2 Å². The number of ether oxygens (including phenoxy) is 1. The van der Waals surface area contributed by atoms with Crippen molar-refractivity contribution in [2.45, 2.75) is 0 Å². The summed E-state index contributed by atoms with van der Waals surface area (Å²) >= 11 is 0. The Balaban J connectivity index is 1.56. The molecular formula is C22H30N5O4+. The van der Waals surface area contributed by atoms with E-state index in [1.807, 2.05) is 18.2 Å². The lowest BCUT2D eigenvalue weighted by Gasteiger charge is -2.33. The van der Waals surface area contributed by atoms with Gasteiger partial charge in [-0.25, -0.2) is 0 Å². The Morgan fingerprint density at radius 3 is 2.48 bits per heavy atom. The van der Waals surface area contributed by atoms with Gasteiger partial charge in [0.1, 0.15) is 11.4 Å². The van der Waals surface area contributed by atoms with Crippen molar-refractivity contribution in [2.24, 2.45) is 0 Å². The number of nitrogens with one attached hydrogen (secondary N) is 2. The number of nitro groups is 1. The zero-order valence-corrected chi connectivity index (χ0v) is 18.3. The van der Waals surface area contributed by atoms with Crippen molar-refractivity contribution in [3.05, 3.63) is 58.1 Å². The van der Waals surface area contributed by atoms with Crippen LogP contribution in [0.4, 0.5) is 17.1 Å². The predicted molar refractivity (Wildman–Crippen MR) is 121 cm³/mol. The summed E-state index contributed by atoms with van der Waals surface area (Å²) in [4.78, 5) is 29.1. The number of nitro benzene ring substituents is 1. The summed E-state index contributed by atoms with van der Waals surface area (Å²) in [6, 6.07) is 13.2. The Labute approximate surface area is 182 Å². The second-order valence-electron chi connectivity index (χ2n) is 7.77. The quantitative estimate of drug-likeness (QED) is 0.478. The van der Waals surface area contributed by atoms with Gasteiger partial charge in [0.05, 0.1) is 56.9 Å². The van der Waals surface area contributed by atoms with E-state index in [9.17, 15) is 14.9 Å². The summed E-state index contributed by atoms with van der Waals surface area (Å²) in [7, 11) is 4.87. The van der Waals surface area contributed by atoms with Crippen LogP contribution in [0.15, 0.2) is 42.5 Å². The predicted octanol–water partition coefficient (Wildman–Crippen LogP) is 0.804. The summed E-state index contributed by atoms with van der Waals surface area (Å²) in [5, 5.41) is 14.3. The van der Waals surface area contributed by atoms with Gasteiger partial charge in [-0.3, -0.25) is 14.9 Å². The molecule has 1 aliphatic rings. The monoisotopic (exact) mass is 428 g/mol. The topological polar surface area (TPSA) is 92.4 Å². The maximum atomic E-state index is 12.7. The third-order valence-electron chi connectivity index (χ3n) is 5.58.